The van der Waals surface area contributed by atoms with Gasteiger partial charge in [0.1, 0.15) is 0 Å². The summed E-state index contributed by atoms with van der Waals surface area (Å²) in [7, 11) is 0. The topological polar surface area (TPSA) is 32.3 Å². The number of piperidine rings is 1. The van der Waals surface area contributed by atoms with E-state index in [2.05, 4.69) is 37.4 Å². The summed E-state index contributed by atoms with van der Waals surface area (Å²) in [4.78, 5) is 0. The van der Waals surface area contributed by atoms with E-state index < -0.39 is 0 Å². The molecule has 2 nitrogen and oxygen atoms in total. The van der Waals surface area contributed by atoms with Crippen LogP contribution in [0.25, 0.3) is 0 Å². The molecule has 88 valence electrons. The van der Waals surface area contributed by atoms with Gasteiger partial charge in [-0.1, -0.05) is 23.8 Å². The summed E-state index contributed by atoms with van der Waals surface area (Å²) in [6.07, 6.45) is 1.10. The highest BCUT2D eigenvalue weighted by Crippen LogP contribution is 2.29. The van der Waals surface area contributed by atoms with E-state index in [1.807, 2.05) is 0 Å². The van der Waals surface area contributed by atoms with Crippen LogP contribution in [0.2, 0.25) is 0 Å². The highest BCUT2D eigenvalue weighted by molar-refractivity contribution is 5.33. The normalized spacial score (nSPS) is 25.7. The number of aryl methyl sites for hydroxylation is 2. The Morgan fingerprint density at radius 3 is 2.88 bits per heavy atom. The predicted molar refractivity (Wildman–Crippen MR) is 66.7 cm³/mol. The smallest absolute Gasteiger partial charge is 0.0471 e. The van der Waals surface area contributed by atoms with Crippen LogP contribution in [0.15, 0.2) is 18.2 Å². The van der Waals surface area contributed by atoms with Crippen LogP contribution in [0.5, 0.6) is 0 Å². The van der Waals surface area contributed by atoms with Gasteiger partial charge in [0.2, 0.25) is 0 Å². The van der Waals surface area contributed by atoms with Crippen molar-refractivity contribution < 1.29 is 5.11 Å². The minimum Gasteiger partial charge on any atom is -0.396 e. The zero-order valence-electron chi connectivity index (χ0n) is 10.2. The zero-order chi connectivity index (χ0) is 11.5. The Morgan fingerprint density at radius 1 is 1.31 bits per heavy atom. The molecule has 2 unspecified atom stereocenters. The first-order valence-corrected chi connectivity index (χ1v) is 6.09. The summed E-state index contributed by atoms with van der Waals surface area (Å²) in [6, 6.07) is 6.66. The predicted octanol–water partition coefficient (Wildman–Crippen LogP) is 1.99. The standard InChI is InChI=1S/C14H21NO/c1-10-3-4-11(2)14(5-10)13-6-12(9-16)7-15-8-13/h3-5,12-13,15-16H,6-9H2,1-2H3. The molecule has 0 aliphatic carbocycles. The van der Waals surface area contributed by atoms with E-state index in [0.29, 0.717) is 18.4 Å². The highest BCUT2D eigenvalue weighted by Gasteiger charge is 2.23. The molecule has 0 saturated carbocycles. The maximum Gasteiger partial charge on any atom is 0.0471 e. The molecular formula is C14H21NO. The van der Waals surface area contributed by atoms with Gasteiger partial charge in [-0.15, -0.1) is 0 Å². The Balaban J connectivity index is 2.19. The molecule has 1 heterocycles. The molecule has 1 aromatic rings. The molecule has 0 bridgehead atoms. The monoisotopic (exact) mass is 219 g/mol. The first-order chi connectivity index (χ1) is 7.70. The first-order valence-electron chi connectivity index (χ1n) is 6.09. The van der Waals surface area contributed by atoms with E-state index in [4.69, 9.17) is 0 Å². The van der Waals surface area contributed by atoms with Gasteiger partial charge >= 0.3 is 0 Å². The van der Waals surface area contributed by atoms with E-state index in [0.717, 1.165) is 19.5 Å². The van der Waals surface area contributed by atoms with Crippen LogP contribution in [-0.2, 0) is 0 Å². The summed E-state index contributed by atoms with van der Waals surface area (Å²) in [6.45, 7) is 6.62. The zero-order valence-corrected chi connectivity index (χ0v) is 10.2. The summed E-state index contributed by atoms with van der Waals surface area (Å²) in [5.41, 5.74) is 4.15. The molecule has 2 rings (SSSR count). The summed E-state index contributed by atoms with van der Waals surface area (Å²) < 4.78 is 0. The van der Waals surface area contributed by atoms with Crippen LogP contribution in [-0.4, -0.2) is 24.8 Å². The number of aliphatic hydroxyl groups is 1. The van der Waals surface area contributed by atoms with Crippen molar-refractivity contribution in [3.05, 3.63) is 34.9 Å². The number of hydrogen-bond acceptors (Lipinski definition) is 2. The van der Waals surface area contributed by atoms with Crippen LogP contribution < -0.4 is 5.32 Å². The lowest BCUT2D eigenvalue weighted by Crippen LogP contribution is -2.36. The lowest BCUT2D eigenvalue weighted by molar-refractivity contribution is 0.190. The van der Waals surface area contributed by atoms with Crippen LogP contribution in [0.4, 0.5) is 0 Å². The summed E-state index contributed by atoms with van der Waals surface area (Å²) >= 11 is 0. The van der Waals surface area contributed by atoms with Gasteiger partial charge in [0.15, 0.2) is 0 Å². The third kappa shape index (κ3) is 2.45. The van der Waals surface area contributed by atoms with Crippen LogP contribution in [0, 0.1) is 19.8 Å². The second kappa shape index (κ2) is 4.98. The molecule has 16 heavy (non-hydrogen) atoms. The minimum atomic E-state index is 0.300. The van der Waals surface area contributed by atoms with Crippen molar-refractivity contribution in [2.75, 3.05) is 19.7 Å². The second-order valence-electron chi connectivity index (χ2n) is 5.00. The third-order valence-electron chi connectivity index (χ3n) is 3.57. The van der Waals surface area contributed by atoms with E-state index >= 15 is 0 Å². The van der Waals surface area contributed by atoms with E-state index in [9.17, 15) is 5.11 Å². The Morgan fingerprint density at radius 2 is 2.12 bits per heavy atom. The first kappa shape index (κ1) is 11.6. The van der Waals surface area contributed by atoms with Gasteiger partial charge in [-0.05, 0) is 43.2 Å². The van der Waals surface area contributed by atoms with Gasteiger partial charge in [0, 0.05) is 19.7 Å². The fraction of sp³-hybridized carbons (Fsp3) is 0.571. The number of aliphatic hydroxyl groups excluding tert-OH is 1. The number of rotatable bonds is 2. The largest absolute Gasteiger partial charge is 0.396 e. The van der Waals surface area contributed by atoms with Crippen molar-refractivity contribution >= 4 is 0 Å². The molecule has 1 saturated heterocycles. The highest BCUT2D eigenvalue weighted by atomic mass is 16.3. The molecule has 2 heteroatoms. The van der Waals surface area contributed by atoms with Crippen molar-refractivity contribution in [2.24, 2.45) is 5.92 Å². The van der Waals surface area contributed by atoms with Crippen LogP contribution >= 0.6 is 0 Å². The molecular weight excluding hydrogens is 198 g/mol. The Kier molecular flexibility index (Phi) is 3.62. The molecule has 1 fully saturated rings. The average Bonchev–Trinajstić information content (AvgIpc) is 2.32. The fourth-order valence-corrected chi connectivity index (χ4v) is 2.61. The molecule has 0 radical (unpaired) electrons. The van der Waals surface area contributed by atoms with Gasteiger partial charge in [0.05, 0.1) is 0 Å². The Hall–Kier alpha value is -0.860. The molecule has 2 N–H and O–H groups in total. The van der Waals surface area contributed by atoms with Gasteiger partial charge in [0.25, 0.3) is 0 Å². The van der Waals surface area contributed by atoms with E-state index in [-0.39, 0.29) is 0 Å². The molecule has 0 aromatic heterocycles. The van der Waals surface area contributed by atoms with Crippen molar-refractivity contribution in [3.8, 4) is 0 Å². The minimum absolute atomic E-state index is 0.300. The SMILES string of the molecule is Cc1ccc(C)c(C2CNCC(CO)C2)c1. The quantitative estimate of drug-likeness (QED) is 0.797. The number of benzene rings is 1. The molecule has 1 aliphatic heterocycles. The lowest BCUT2D eigenvalue weighted by atomic mass is 9.83. The molecule has 0 spiro atoms. The second-order valence-corrected chi connectivity index (χ2v) is 5.00. The molecule has 0 amide bonds. The molecule has 1 aliphatic rings. The summed E-state index contributed by atoms with van der Waals surface area (Å²) in [5.74, 6) is 0.976. The molecule has 2 atom stereocenters. The van der Waals surface area contributed by atoms with Gasteiger partial charge in [-0.3, -0.25) is 0 Å². The Labute approximate surface area is 97.7 Å². The van der Waals surface area contributed by atoms with Gasteiger partial charge in [-0.2, -0.15) is 0 Å². The average molecular weight is 219 g/mol. The van der Waals surface area contributed by atoms with Crippen molar-refractivity contribution in [2.45, 2.75) is 26.2 Å². The third-order valence-corrected chi connectivity index (χ3v) is 3.57. The van der Waals surface area contributed by atoms with E-state index in [1.54, 1.807) is 0 Å². The number of hydrogen-bond donors (Lipinski definition) is 2. The fourth-order valence-electron chi connectivity index (χ4n) is 2.61. The van der Waals surface area contributed by atoms with Crippen molar-refractivity contribution in [1.29, 1.82) is 0 Å². The maximum atomic E-state index is 9.24. The van der Waals surface area contributed by atoms with Crippen molar-refractivity contribution in [1.82, 2.24) is 5.32 Å². The van der Waals surface area contributed by atoms with Gasteiger partial charge in [-0.25, -0.2) is 0 Å². The number of nitrogens with one attached hydrogen (secondary N) is 1. The molecule has 1 aromatic carbocycles. The van der Waals surface area contributed by atoms with E-state index in [1.165, 1.54) is 16.7 Å². The van der Waals surface area contributed by atoms with Crippen LogP contribution in [0.1, 0.15) is 29.0 Å². The lowest BCUT2D eigenvalue weighted by Gasteiger charge is -2.30. The maximum absolute atomic E-state index is 9.24. The van der Waals surface area contributed by atoms with Crippen LogP contribution in [0.3, 0.4) is 0 Å². The Bertz CT molecular complexity index is 362. The van der Waals surface area contributed by atoms with Crippen molar-refractivity contribution in [3.63, 3.8) is 0 Å². The van der Waals surface area contributed by atoms with Gasteiger partial charge < -0.3 is 10.4 Å². The summed E-state index contributed by atoms with van der Waals surface area (Å²) in [5, 5.41) is 12.7.